The van der Waals surface area contributed by atoms with E-state index in [1.54, 1.807) is 0 Å². The van der Waals surface area contributed by atoms with Gasteiger partial charge in [-0.15, -0.1) is 10.2 Å². The Labute approximate surface area is 134 Å². The predicted molar refractivity (Wildman–Crippen MR) is 88.3 cm³/mol. The number of aryl methyl sites for hydroxylation is 3. The Hall–Kier alpha value is -2.95. The average Bonchev–Trinajstić information content (AvgIpc) is 2.97. The maximum Gasteiger partial charge on any atom is 0.313 e. The highest BCUT2D eigenvalue weighted by Crippen LogP contribution is 2.19. The molecule has 0 fully saturated rings. The van der Waals surface area contributed by atoms with Crippen LogP contribution in [0.25, 0.3) is 11.5 Å². The molecule has 0 bridgehead atoms. The third-order valence-electron chi connectivity index (χ3n) is 3.40. The maximum atomic E-state index is 12.2. The van der Waals surface area contributed by atoms with Gasteiger partial charge in [0, 0.05) is 11.3 Å². The van der Waals surface area contributed by atoms with E-state index in [0.717, 1.165) is 22.3 Å². The molecule has 0 spiro atoms. The van der Waals surface area contributed by atoms with Crippen LogP contribution >= 0.6 is 0 Å². The zero-order chi connectivity index (χ0) is 16.4. The summed E-state index contributed by atoms with van der Waals surface area (Å²) in [5.41, 5.74) is 4.79. The molecule has 1 aromatic heterocycles. The molecular formula is C18H17N3O2. The number of rotatable bonds is 3. The van der Waals surface area contributed by atoms with Gasteiger partial charge in [0.25, 0.3) is 0 Å². The van der Waals surface area contributed by atoms with Gasteiger partial charge in [-0.3, -0.25) is 4.79 Å². The van der Waals surface area contributed by atoms with Crippen molar-refractivity contribution in [2.75, 3.05) is 5.32 Å². The minimum Gasteiger partial charge on any atom is -0.412 e. The Balaban J connectivity index is 1.79. The lowest BCUT2D eigenvalue weighted by atomic mass is 10.1. The molecule has 0 atom stereocenters. The van der Waals surface area contributed by atoms with Crippen molar-refractivity contribution in [2.24, 2.45) is 0 Å². The predicted octanol–water partition coefficient (Wildman–Crippen LogP) is 3.91. The topological polar surface area (TPSA) is 68.0 Å². The van der Waals surface area contributed by atoms with Crippen LogP contribution in [0.15, 0.2) is 46.9 Å². The van der Waals surface area contributed by atoms with Crippen LogP contribution in [0.1, 0.15) is 27.4 Å². The van der Waals surface area contributed by atoms with Crippen LogP contribution in [0, 0.1) is 20.8 Å². The molecular weight excluding hydrogens is 290 g/mol. The molecule has 0 aliphatic heterocycles. The molecule has 0 radical (unpaired) electrons. The van der Waals surface area contributed by atoms with E-state index >= 15 is 0 Å². The Morgan fingerprint density at radius 1 is 0.913 bits per heavy atom. The molecule has 2 aromatic carbocycles. The van der Waals surface area contributed by atoms with Crippen molar-refractivity contribution in [2.45, 2.75) is 20.8 Å². The van der Waals surface area contributed by atoms with E-state index in [1.807, 2.05) is 63.2 Å². The van der Waals surface area contributed by atoms with Gasteiger partial charge in [0.15, 0.2) is 0 Å². The van der Waals surface area contributed by atoms with Crippen molar-refractivity contribution in [3.8, 4) is 11.5 Å². The summed E-state index contributed by atoms with van der Waals surface area (Å²) in [6.07, 6.45) is 0. The SMILES string of the molecule is Cc1ccc(-c2nnc(C(=O)Nc3cc(C)cc(C)c3)o2)cc1. The Morgan fingerprint density at radius 3 is 2.22 bits per heavy atom. The summed E-state index contributed by atoms with van der Waals surface area (Å²) in [6.45, 7) is 5.95. The fourth-order valence-electron chi connectivity index (χ4n) is 2.36. The first-order valence-electron chi connectivity index (χ1n) is 7.31. The van der Waals surface area contributed by atoms with E-state index < -0.39 is 5.91 Å². The van der Waals surface area contributed by atoms with E-state index in [0.29, 0.717) is 11.6 Å². The van der Waals surface area contributed by atoms with E-state index in [9.17, 15) is 4.79 Å². The lowest BCUT2D eigenvalue weighted by molar-refractivity contribution is 0.0991. The minimum absolute atomic E-state index is 0.0558. The van der Waals surface area contributed by atoms with E-state index in [4.69, 9.17) is 4.42 Å². The molecule has 0 saturated carbocycles. The molecule has 0 aliphatic carbocycles. The number of nitrogens with zero attached hydrogens (tertiary/aromatic N) is 2. The fraction of sp³-hybridized carbons (Fsp3) is 0.167. The summed E-state index contributed by atoms with van der Waals surface area (Å²) in [5.74, 6) is -0.142. The van der Waals surface area contributed by atoms with Crippen LogP contribution in [0.4, 0.5) is 5.69 Å². The number of hydrogen-bond acceptors (Lipinski definition) is 4. The summed E-state index contributed by atoms with van der Waals surface area (Å²) in [7, 11) is 0. The minimum atomic E-state index is -0.416. The highest BCUT2D eigenvalue weighted by molar-refractivity contribution is 6.01. The number of carbonyl (C=O) groups is 1. The summed E-state index contributed by atoms with van der Waals surface area (Å²) in [5, 5.41) is 10.5. The Bertz CT molecular complexity index is 831. The number of nitrogens with one attached hydrogen (secondary N) is 1. The first-order chi connectivity index (χ1) is 11.0. The van der Waals surface area contributed by atoms with Gasteiger partial charge >= 0.3 is 11.8 Å². The molecule has 1 N–H and O–H groups in total. The van der Waals surface area contributed by atoms with Crippen molar-refractivity contribution in [1.29, 1.82) is 0 Å². The molecule has 0 saturated heterocycles. The van der Waals surface area contributed by atoms with Gasteiger partial charge in [0.05, 0.1) is 0 Å². The van der Waals surface area contributed by atoms with Crippen LogP contribution in [0.3, 0.4) is 0 Å². The monoisotopic (exact) mass is 307 g/mol. The molecule has 0 aliphatic rings. The molecule has 3 rings (SSSR count). The quantitative estimate of drug-likeness (QED) is 0.796. The zero-order valence-corrected chi connectivity index (χ0v) is 13.3. The van der Waals surface area contributed by atoms with Crippen LogP contribution in [0.2, 0.25) is 0 Å². The van der Waals surface area contributed by atoms with E-state index in [1.165, 1.54) is 0 Å². The summed E-state index contributed by atoms with van der Waals surface area (Å²) in [4.78, 5) is 12.2. The fourth-order valence-corrected chi connectivity index (χ4v) is 2.36. The molecule has 3 aromatic rings. The molecule has 1 heterocycles. The summed E-state index contributed by atoms with van der Waals surface area (Å²) < 4.78 is 5.47. The zero-order valence-electron chi connectivity index (χ0n) is 13.3. The molecule has 116 valence electrons. The maximum absolute atomic E-state index is 12.2. The lowest BCUT2D eigenvalue weighted by Gasteiger charge is -2.05. The molecule has 5 heteroatoms. The van der Waals surface area contributed by atoms with Gasteiger partial charge in [0.2, 0.25) is 5.89 Å². The average molecular weight is 307 g/mol. The summed E-state index contributed by atoms with van der Waals surface area (Å²) >= 11 is 0. The molecule has 0 unspecified atom stereocenters. The number of aromatic nitrogens is 2. The van der Waals surface area contributed by atoms with Crippen molar-refractivity contribution in [3.63, 3.8) is 0 Å². The lowest BCUT2D eigenvalue weighted by Crippen LogP contribution is -2.12. The second-order valence-corrected chi connectivity index (χ2v) is 5.61. The highest BCUT2D eigenvalue weighted by atomic mass is 16.4. The third kappa shape index (κ3) is 3.45. The normalized spacial score (nSPS) is 10.6. The number of anilines is 1. The van der Waals surface area contributed by atoms with Gasteiger partial charge in [-0.25, -0.2) is 0 Å². The van der Waals surface area contributed by atoms with Crippen LogP contribution in [-0.4, -0.2) is 16.1 Å². The van der Waals surface area contributed by atoms with Crippen LogP contribution < -0.4 is 5.32 Å². The Morgan fingerprint density at radius 2 is 1.57 bits per heavy atom. The molecule has 23 heavy (non-hydrogen) atoms. The standard InChI is InChI=1S/C18H17N3O2/c1-11-4-6-14(7-5-11)17-20-21-18(23-17)16(22)19-15-9-12(2)8-13(3)10-15/h4-10H,1-3H3,(H,19,22). The summed E-state index contributed by atoms with van der Waals surface area (Å²) in [6, 6.07) is 13.5. The van der Waals surface area contributed by atoms with Gasteiger partial charge < -0.3 is 9.73 Å². The Kier molecular flexibility index (Phi) is 3.93. The van der Waals surface area contributed by atoms with Gasteiger partial charge in [0.1, 0.15) is 0 Å². The van der Waals surface area contributed by atoms with E-state index in [-0.39, 0.29) is 5.89 Å². The second-order valence-electron chi connectivity index (χ2n) is 5.61. The van der Waals surface area contributed by atoms with Crippen molar-refractivity contribution in [1.82, 2.24) is 10.2 Å². The van der Waals surface area contributed by atoms with Crippen molar-refractivity contribution >= 4 is 11.6 Å². The largest absolute Gasteiger partial charge is 0.412 e. The molecule has 1 amide bonds. The highest BCUT2D eigenvalue weighted by Gasteiger charge is 2.16. The van der Waals surface area contributed by atoms with Gasteiger partial charge in [-0.1, -0.05) is 23.8 Å². The number of carbonyl (C=O) groups excluding carboxylic acids is 1. The number of benzene rings is 2. The first-order valence-corrected chi connectivity index (χ1v) is 7.31. The van der Waals surface area contributed by atoms with Crippen molar-refractivity contribution < 1.29 is 9.21 Å². The van der Waals surface area contributed by atoms with Crippen molar-refractivity contribution in [3.05, 3.63) is 65.0 Å². The number of hydrogen-bond donors (Lipinski definition) is 1. The van der Waals surface area contributed by atoms with Crippen LogP contribution in [0.5, 0.6) is 0 Å². The smallest absolute Gasteiger partial charge is 0.313 e. The van der Waals surface area contributed by atoms with E-state index in [2.05, 4.69) is 15.5 Å². The third-order valence-corrected chi connectivity index (χ3v) is 3.40. The molecule has 5 nitrogen and oxygen atoms in total. The van der Waals surface area contributed by atoms with Gasteiger partial charge in [-0.2, -0.15) is 0 Å². The van der Waals surface area contributed by atoms with Crippen LogP contribution in [-0.2, 0) is 0 Å². The number of amides is 1. The second kappa shape index (κ2) is 6.04. The first kappa shape index (κ1) is 15.0. The van der Waals surface area contributed by atoms with Gasteiger partial charge in [-0.05, 0) is 56.2 Å².